The molecule has 16 nitrogen and oxygen atoms in total. The Morgan fingerprint density at radius 3 is 0.750 bits per heavy atom. The van der Waals surface area contributed by atoms with Gasteiger partial charge in [-0.2, -0.15) is 0 Å². The number of rotatable bonds is 8. The van der Waals surface area contributed by atoms with Gasteiger partial charge in [0.15, 0.2) is 0 Å². The number of aromatic amines is 2. The molecular weight excluding hydrogens is 1080 g/mol. The van der Waals surface area contributed by atoms with Gasteiger partial charge in [0, 0.05) is 0 Å². The maximum absolute atomic E-state index is 12.6. The summed E-state index contributed by atoms with van der Waals surface area (Å²) in [5.74, 6) is 0. The number of hydrogen-bond acceptors (Lipinski definition) is 6. The Hall–Kier alpha value is -5.41. The Morgan fingerprint density at radius 2 is 0.547 bits per heavy atom. The number of fused-ring (bicyclic) bond motifs is 8. The Kier molecular flexibility index (Phi) is 11.1. The molecule has 0 radical (unpaired) electrons. The van der Waals surface area contributed by atoms with Gasteiger partial charge in [0.25, 0.3) is 0 Å². The van der Waals surface area contributed by atoms with Crippen molar-refractivity contribution < 1.29 is 47.7 Å². The molecule has 0 saturated heterocycles. The fourth-order valence-corrected chi connectivity index (χ4v) is 12.7. The van der Waals surface area contributed by atoms with E-state index in [9.17, 15) is 47.7 Å². The monoisotopic (exact) mass is 1110 g/mol. The second kappa shape index (κ2) is 16.2. The molecule has 0 spiro atoms. The summed E-state index contributed by atoms with van der Waals surface area (Å²) in [6, 6.07) is 30.6. The second-order valence-corrected chi connectivity index (χ2v) is 28.3. The molecule has 0 saturated carbocycles. The molecule has 0 unspecified atom stereocenters. The van der Waals surface area contributed by atoms with Crippen molar-refractivity contribution in [3.8, 4) is 44.5 Å². The third-order valence-corrected chi connectivity index (χ3v) is 18.6. The van der Waals surface area contributed by atoms with Gasteiger partial charge >= 0.3 is 377 Å². The van der Waals surface area contributed by atoms with Crippen molar-refractivity contribution in [2.45, 2.75) is 0 Å². The van der Waals surface area contributed by atoms with Crippen LogP contribution in [-0.4, -0.2) is 109 Å². The summed E-state index contributed by atoms with van der Waals surface area (Å²) in [5.41, 5.74) is 6.29. The maximum atomic E-state index is 12.6. The van der Waals surface area contributed by atoms with E-state index in [-0.39, 0.29) is 17.4 Å². The van der Waals surface area contributed by atoms with Crippen LogP contribution in [0.15, 0.2) is 121 Å². The standard InChI is InChI=1S/C44H34As4N4O12/c53-45(54,55)29-9-1-5-25(21-29)41-33-13-15-35(49-33)42(26-6-2-10-30(22-26)46(56,57)58)37-17-19-39(51-37)44(28-8-4-12-32(24-28)48(62,63)64)40-20-18-38(52-40)43(36-16-14-34(41)50-36)27-7-3-11-31(23-27)47(59,60)61/h1-24,49,52H,(H2,53,54,55)(H2,56,57,58)(H2,59,60,61)(H2,62,63,64). The third-order valence-electron chi connectivity index (χ3n) is 10.6. The quantitative estimate of drug-likeness (QED) is 0.0968. The van der Waals surface area contributed by atoms with E-state index in [4.69, 9.17) is 9.97 Å². The molecule has 322 valence electrons. The Bertz CT molecular complexity index is 3090. The van der Waals surface area contributed by atoms with E-state index >= 15 is 0 Å². The summed E-state index contributed by atoms with van der Waals surface area (Å²) in [6.45, 7) is 0. The molecule has 0 fully saturated rings. The summed E-state index contributed by atoms with van der Waals surface area (Å²) in [6.07, 6.45) is 6.80. The van der Waals surface area contributed by atoms with Crippen LogP contribution in [0.5, 0.6) is 0 Å². The fourth-order valence-electron chi connectivity index (χ4n) is 7.79. The van der Waals surface area contributed by atoms with Crippen LogP contribution in [0.1, 0.15) is 22.8 Å². The van der Waals surface area contributed by atoms with Crippen molar-refractivity contribution in [2.24, 2.45) is 0 Å². The van der Waals surface area contributed by atoms with Gasteiger partial charge in [0.05, 0.1) is 0 Å². The fraction of sp³-hybridized carbons (Fsp3) is 0. The predicted molar refractivity (Wildman–Crippen MR) is 243 cm³/mol. The molecule has 20 heteroatoms. The first kappa shape index (κ1) is 43.8. The minimum absolute atomic E-state index is 0.188. The normalized spacial score (nSPS) is 13.1. The van der Waals surface area contributed by atoms with Crippen LogP contribution in [0.25, 0.3) is 90.9 Å². The van der Waals surface area contributed by atoms with Crippen LogP contribution in [0.4, 0.5) is 0 Å². The molecule has 9 rings (SSSR count). The number of nitrogens with zero attached hydrogens (tertiary/aromatic N) is 2. The number of benzene rings is 4. The zero-order valence-electron chi connectivity index (χ0n) is 32.8. The molecule has 0 aliphatic carbocycles. The summed E-state index contributed by atoms with van der Waals surface area (Å²) in [7, 11) is 0. The summed E-state index contributed by atoms with van der Waals surface area (Å²) < 4.78 is 132. The van der Waals surface area contributed by atoms with E-state index < -0.39 is 56.7 Å². The number of nitrogens with one attached hydrogen (secondary N) is 2. The molecule has 7 aromatic rings. The number of aromatic nitrogens is 4. The van der Waals surface area contributed by atoms with Crippen LogP contribution >= 0.6 is 0 Å². The van der Waals surface area contributed by atoms with Crippen LogP contribution in [0.3, 0.4) is 0 Å². The Balaban J connectivity index is 1.48. The molecular formula is C44H34As4N4O12. The molecule has 5 heterocycles. The van der Waals surface area contributed by atoms with E-state index in [2.05, 4.69) is 9.97 Å². The van der Waals surface area contributed by atoms with Crippen LogP contribution in [0.2, 0.25) is 0 Å². The van der Waals surface area contributed by atoms with Gasteiger partial charge in [-0.15, -0.1) is 0 Å². The molecule has 0 amide bonds. The summed E-state index contributed by atoms with van der Waals surface area (Å²) >= 11 is -21.8. The second-order valence-electron chi connectivity index (χ2n) is 14.9. The zero-order valence-corrected chi connectivity index (χ0v) is 40.3. The number of H-pyrrole nitrogens is 2. The van der Waals surface area contributed by atoms with Crippen molar-refractivity contribution in [3.05, 3.63) is 144 Å². The SMILES string of the molecule is O=[As](O)(O)c1cccc(-c2c3nc(c(-c4cccc([As](=O)(O)O)c4)c4ccc([nH]4)c(-c4cccc([As](=O)(O)O)c4)c4nc(c(-c5cccc([As](=O)(O)O)c5)c5ccc2[nH]5)C=C4)C=C3)c1. The van der Waals surface area contributed by atoms with Crippen molar-refractivity contribution in [3.63, 3.8) is 0 Å². The van der Waals surface area contributed by atoms with E-state index in [1.807, 2.05) is 0 Å². The van der Waals surface area contributed by atoms with Crippen LogP contribution < -0.4 is 17.4 Å². The van der Waals surface area contributed by atoms with Crippen LogP contribution in [-0.2, 0) is 15.0 Å². The van der Waals surface area contributed by atoms with Gasteiger partial charge in [-0.25, -0.2) is 0 Å². The Labute approximate surface area is 374 Å². The zero-order chi connectivity index (χ0) is 45.3. The van der Waals surface area contributed by atoms with Gasteiger partial charge in [0.1, 0.15) is 0 Å². The first-order valence-electron chi connectivity index (χ1n) is 19.0. The molecule has 2 aliphatic heterocycles. The minimum atomic E-state index is -5.45. The van der Waals surface area contributed by atoms with Crippen molar-refractivity contribution >= 4 is 120 Å². The predicted octanol–water partition coefficient (Wildman–Crippen LogP) is 1.57. The van der Waals surface area contributed by atoms with E-state index in [0.29, 0.717) is 89.4 Å². The van der Waals surface area contributed by atoms with E-state index in [1.165, 1.54) is 72.8 Å². The van der Waals surface area contributed by atoms with Gasteiger partial charge in [-0.3, -0.25) is 0 Å². The molecule has 4 aromatic carbocycles. The van der Waals surface area contributed by atoms with Crippen molar-refractivity contribution in [2.75, 3.05) is 0 Å². The van der Waals surface area contributed by atoms with Gasteiger partial charge < -0.3 is 0 Å². The number of hydrogen-bond donors (Lipinski definition) is 10. The van der Waals surface area contributed by atoms with E-state index in [0.717, 1.165) is 0 Å². The first-order chi connectivity index (χ1) is 30.2. The molecule has 2 aliphatic rings. The molecule has 8 bridgehead atoms. The average Bonchev–Trinajstić information content (AvgIpc) is 4.08. The van der Waals surface area contributed by atoms with Gasteiger partial charge in [-0.1, -0.05) is 0 Å². The van der Waals surface area contributed by atoms with Gasteiger partial charge in [-0.05, 0) is 0 Å². The first-order valence-corrected chi connectivity index (χ1v) is 32.6. The average molecular weight is 1110 g/mol. The Morgan fingerprint density at radius 1 is 0.328 bits per heavy atom. The van der Waals surface area contributed by atoms with Crippen molar-refractivity contribution in [1.29, 1.82) is 0 Å². The third kappa shape index (κ3) is 8.60. The summed E-state index contributed by atoms with van der Waals surface area (Å²) in [5, 5.41) is 0. The van der Waals surface area contributed by atoms with Gasteiger partial charge in [0.2, 0.25) is 0 Å². The molecule has 3 aromatic heterocycles. The molecule has 64 heavy (non-hydrogen) atoms. The summed E-state index contributed by atoms with van der Waals surface area (Å²) in [4.78, 5) is 17.0. The van der Waals surface area contributed by atoms with E-state index in [1.54, 1.807) is 72.8 Å². The topological polar surface area (TPSA) is 287 Å². The molecule has 0 atom stereocenters. The van der Waals surface area contributed by atoms with Crippen molar-refractivity contribution in [1.82, 2.24) is 19.9 Å². The molecule has 10 N–H and O–H groups in total. The van der Waals surface area contributed by atoms with Crippen LogP contribution in [0, 0.1) is 0 Å².